The average molecular weight is 394 g/mol. The van der Waals surface area contributed by atoms with Crippen LogP contribution >= 0.6 is 11.8 Å². The first-order chi connectivity index (χ1) is 13.7. The van der Waals surface area contributed by atoms with Gasteiger partial charge in [0.25, 0.3) is 0 Å². The van der Waals surface area contributed by atoms with Crippen molar-refractivity contribution in [3.8, 4) is 5.75 Å². The maximum atomic E-state index is 12.9. The number of hydrogen-bond donors (Lipinski definition) is 0. The Morgan fingerprint density at radius 2 is 2.00 bits per heavy atom. The molecular formula is C22H22N2O3S. The first-order valence-electron chi connectivity index (χ1n) is 9.38. The largest absolute Gasteiger partial charge is 0.493 e. The zero-order valence-corrected chi connectivity index (χ0v) is 17.0. The summed E-state index contributed by atoms with van der Waals surface area (Å²) in [5, 5.41) is 4.99. The molecule has 0 N–H and O–H groups in total. The van der Waals surface area contributed by atoms with Crippen LogP contribution in [-0.4, -0.2) is 29.3 Å². The van der Waals surface area contributed by atoms with Crippen molar-refractivity contribution in [3.63, 3.8) is 0 Å². The first kappa shape index (κ1) is 18.6. The topological polar surface area (TPSA) is 51.1 Å². The summed E-state index contributed by atoms with van der Waals surface area (Å²) >= 11 is 1.55. The van der Waals surface area contributed by atoms with E-state index in [0.717, 1.165) is 27.3 Å². The van der Waals surface area contributed by atoms with Crippen LogP contribution in [0.25, 0.3) is 10.8 Å². The van der Waals surface area contributed by atoms with Gasteiger partial charge in [-0.1, -0.05) is 42.1 Å². The van der Waals surface area contributed by atoms with Crippen LogP contribution in [0.4, 0.5) is 0 Å². The molecule has 0 fully saturated rings. The predicted octanol–water partition coefficient (Wildman–Crippen LogP) is 5.01. The Labute approximate surface area is 168 Å². The lowest BCUT2D eigenvalue weighted by atomic mass is 9.90. The second kappa shape index (κ2) is 7.72. The smallest absolute Gasteiger partial charge is 0.338 e. The van der Waals surface area contributed by atoms with E-state index < -0.39 is 0 Å². The first-order valence-corrected chi connectivity index (χ1v) is 10.3. The maximum absolute atomic E-state index is 12.9. The summed E-state index contributed by atoms with van der Waals surface area (Å²) in [6.07, 6.45) is 1.97. The molecule has 28 heavy (non-hydrogen) atoms. The Balaban J connectivity index is 1.99. The highest BCUT2D eigenvalue weighted by Gasteiger charge is 2.39. The molecule has 2 aromatic carbocycles. The molecule has 0 bridgehead atoms. The van der Waals surface area contributed by atoms with Gasteiger partial charge in [-0.3, -0.25) is 0 Å². The van der Waals surface area contributed by atoms with Crippen LogP contribution in [0.2, 0.25) is 0 Å². The molecule has 5 nitrogen and oxygen atoms in total. The number of ether oxygens (including phenoxy) is 2. The van der Waals surface area contributed by atoms with E-state index in [9.17, 15) is 4.79 Å². The van der Waals surface area contributed by atoms with Gasteiger partial charge in [0.2, 0.25) is 0 Å². The zero-order valence-electron chi connectivity index (χ0n) is 16.1. The number of carbonyl (C=O) groups is 1. The van der Waals surface area contributed by atoms with Crippen LogP contribution in [0.3, 0.4) is 0 Å². The summed E-state index contributed by atoms with van der Waals surface area (Å²) in [5.74, 6) is 0.431. The van der Waals surface area contributed by atoms with E-state index in [1.165, 1.54) is 0 Å². The Hall–Kier alpha value is -2.73. The zero-order chi connectivity index (χ0) is 19.7. The second-order valence-corrected chi connectivity index (χ2v) is 7.33. The van der Waals surface area contributed by atoms with Gasteiger partial charge in [-0.2, -0.15) is 0 Å². The summed E-state index contributed by atoms with van der Waals surface area (Å²) in [7, 11) is 0. The van der Waals surface area contributed by atoms with Gasteiger partial charge in [0.05, 0.1) is 30.5 Å². The van der Waals surface area contributed by atoms with Gasteiger partial charge < -0.3 is 14.4 Å². The molecule has 2 aromatic rings. The minimum absolute atomic E-state index is 0.317. The standard InChI is InChI=1S/C22H22N2O3S/c1-4-26-17-11-10-15-8-6-7-9-16(15)19(17)20-18(21(25)27-5-2)14(3)23-22-24(20)12-13-28-22/h6-13,20H,4-5H2,1-3H3. The molecular weight excluding hydrogens is 372 g/mol. The highest BCUT2D eigenvalue weighted by atomic mass is 32.2. The van der Waals surface area contributed by atoms with Gasteiger partial charge in [0, 0.05) is 11.8 Å². The maximum Gasteiger partial charge on any atom is 0.338 e. The van der Waals surface area contributed by atoms with Crippen LogP contribution in [0.15, 0.2) is 64.3 Å². The predicted molar refractivity (Wildman–Crippen MR) is 113 cm³/mol. The molecule has 2 aliphatic heterocycles. The number of amidine groups is 1. The second-order valence-electron chi connectivity index (χ2n) is 6.46. The van der Waals surface area contributed by atoms with E-state index >= 15 is 0 Å². The molecule has 4 rings (SSSR count). The van der Waals surface area contributed by atoms with Gasteiger partial charge in [-0.25, -0.2) is 9.79 Å². The molecule has 0 radical (unpaired) electrons. The molecule has 0 aromatic heterocycles. The third-order valence-electron chi connectivity index (χ3n) is 4.82. The van der Waals surface area contributed by atoms with Gasteiger partial charge >= 0.3 is 5.97 Å². The fraction of sp³-hybridized carbons (Fsp3) is 0.273. The minimum Gasteiger partial charge on any atom is -0.493 e. The van der Waals surface area contributed by atoms with E-state index in [2.05, 4.69) is 23.2 Å². The number of thioether (sulfide) groups is 1. The number of esters is 1. The van der Waals surface area contributed by atoms with Crippen LogP contribution in [0.5, 0.6) is 5.75 Å². The number of carbonyl (C=O) groups excluding carboxylic acids is 1. The van der Waals surface area contributed by atoms with Gasteiger partial charge in [-0.15, -0.1) is 0 Å². The molecule has 1 unspecified atom stereocenters. The van der Waals surface area contributed by atoms with E-state index in [1.807, 2.05) is 55.5 Å². The van der Waals surface area contributed by atoms with Crippen molar-refractivity contribution in [2.24, 2.45) is 4.99 Å². The lowest BCUT2D eigenvalue weighted by Crippen LogP contribution is -2.34. The molecule has 144 valence electrons. The van der Waals surface area contributed by atoms with E-state index in [1.54, 1.807) is 11.8 Å². The van der Waals surface area contributed by atoms with Crippen molar-refractivity contribution in [3.05, 3.63) is 64.8 Å². The summed E-state index contributed by atoms with van der Waals surface area (Å²) < 4.78 is 11.4. The van der Waals surface area contributed by atoms with Crippen molar-refractivity contribution < 1.29 is 14.3 Å². The molecule has 2 aliphatic rings. The highest BCUT2D eigenvalue weighted by molar-refractivity contribution is 8.16. The molecule has 2 heterocycles. The Bertz CT molecular complexity index is 1030. The lowest BCUT2D eigenvalue weighted by molar-refractivity contribution is -0.139. The number of allylic oxidation sites excluding steroid dienone is 1. The monoisotopic (exact) mass is 394 g/mol. The van der Waals surface area contributed by atoms with Crippen molar-refractivity contribution in [2.45, 2.75) is 26.8 Å². The summed E-state index contributed by atoms with van der Waals surface area (Å²) in [4.78, 5) is 19.6. The van der Waals surface area contributed by atoms with Gasteiger partial charge in [0.1, 0.15) is 5.75 Å². The minimum atomic E-state index is -0.356. The van der Waals surface area contributed by atoms with Crippen LogP contribution in [0, 0.1) is 0 Å². The van der Waals surface area contributed by atoms with Gasteiger partial charge in [0.15, 0.2) is 5.17 Å². The fourth-order valence-corrected chi connectivity index (χ4v) is 4.48. The number of rotatable bonds is 5. The van der Waals surface area contributed by atoms with E-state index in [4.69, 9.17) is 9.47 Å². The molecule has 1 atom stereocenters. The number of benzene rings is 2. The summed E-state index contributed by atoms with van der Waals surface area (Å²) in [6, 6.07) is 11.8. The summed E-state index contributed by atoms with van der Waals surface area (Å²) in [6.45, 7) is 6.51. The van der Waals surface area contributed by atoms with Crippen molar-refractivity contribution >= 4 is 33.7 Å². The van der Waals surface area contributed by atoms with Crippen LogP contribution in [0.1, 0.15) is 32.4 Å². The highest BCUT2D eigenvalue weighted by Crippen LogP contribution is 2.46. The van der Waals surface area contributed by atoms with Crippen LogP contribution in [-0.2, 0) is 9.53 Å². The summed E-state index contributed by atoms with van der Waals surface area (Å²) in [5.41, 5.74) is 2.19. The third kappa shape index (κ3) is 3.07. The normalized spacial score (nSPS) is 18.3. The van der Waals surface area contributed by atoms with Crippen LogP contribution < -0.4 is 4.74 Å². The molecule has 0 amide bonds. The molecule has 0 aliphatic carbocycles. The van der Waals surface area contributed by atoms with Crippen molar-refractivity contribution in [1.82, 2.24) is 4.90 Å². The number of fused-ring (bicyclic) bond motifs is 2. The van der Waals surface area contributed by atoms with Gasteiger partial charge in [-0.05, 0) is 43.0 Å². The fourth-order valence-electron chi connectivity index (χ4n) is 3.69. The lowest BCUT2D eigenvalue weighted by Gasteiger charge is -2.34. The Morgan fingerprint density at radius 3 is 2.79 bits per heavy atom. The number of aliphatic imine (C=N–C) groups is 1. The SMILES string of the molecule is CCOC(=O)C1=C(C)N=C2SC=CN2C1c1c(OCC)ccc2ccccc12. The van der Waals surface area contributed by atoms with Crippen molar-refractivity contribution in [1.29, 1.82) is 0 Å². The van der Waals surface area contributed by atoms with E-state index in [0.29, 0.717) is 24.5 Å². The Morgan fingerprint density at radius 1 is 1.18 bits per heavy atom. The molecule has 0 spiro atoms. The quantitative estimate of drug-likeness (QED) is 0.668. The number of hydrogen-bond acceptors (Lipinski definition) is 6. The van der Waals surface area contributed by atoms with E-state index in [-0.39, 0.29) is 12.0 Å². The average Bonchev–Trinajstić information content (AvgIpc) is 3.15. The molecule has 0 saturated carbocycles. The Kier molecular flexibility index (Phi) is 5.13. The molecule has 0 saturated heterocycles. The third-order valence-corrected chi connectivity index (χ3v) is 5.59. The molecule has 6 heteroatoms. The van der Waals surface area contributed by atoms with Crippen molar-refractivity contribution in [2.75, 3.05) is 13.2 Å². The number of nitrogens with zero attached hydrogens (tertiary/aromatic N) is 2.